The fourth-order valence-electron chi connectivity index (χ4n) is 3.04. The topological polar surface area (TPSA) is 15.3 Å². The molecular weight excluding hydrogens is 256 g/mol. The first-order valence-corrected chi connectivity index (χ1v) is 8.55. The molecule has 21 heavy (non-hydrogen) atoms. The SMILES string of the molecule is CCc1ccc(CN2CCCCC2CNC(C)(C)C)cc1. The van der Waals surface area contributed by atoms with Crippen LogP contribution >= 0.6 is 0 Å². The van der Waals surface area contributed by atoms with Crippen molar-refractivity contribution in [2.75, 3.05) is 13.1 Å². The van der Waals surface area contributed by atoms with Crippen LogP contribution in [-0.2, 0) is 13.0 Å². The van der Waals surface area contributed by atoms with Crippen molar-refractivity contribution in [3.8, 4) is 0 Å². The summed E-state index contributed by atoms with van der Waals surface area (Å²) in [5.74, 6) is 0. The van der Waals surface area contributed by atoms with Crippen molar-refractivity contribution in [1.82, 2.24) is 10.2 Å². The van der Waals surface area contributed by atoms with Crippen LogP contribution in [0, 0.1) is 0 Å². The third kappa shape index (κ3) is 5.44. The summed E-state index contributed by atoms with van der Waals surface area (Å²) < 4.78 is 0. The summed E-state index contributed by atoms with van der Waals surface area (Å²) in [6.07, 6.45) is 5.18. The molecule has 1 aromatic carbocycles. The summed E-state index contributed by atoms with van der Waals surface area (Å²) >= 11 is 0. The van der Waals surface area contributed by atoms with Gasteiger partial charge in [-0.3, -0.25) is 4.90 Å². The van der Waals surface area contributed by atoms with E-state index < -0.39 is 0 Å². The van der Waals surface area contributed by atoms with E-state index in [1.54, 1.807) is 0 Å². The maximum Gasteiger partial charge on any atom is 0.0237 e. The summed E-state index contributed by atoms with van der Waals surface area (Å²) in [6.45, 7) is 12.4. The summed E-state index contributed by atoms with van der Waals surface area (Å²) in [6, 6.07) is 9.86. The molecule has 0 bridgehead atoms. The number of hydrogen-bond donors (Lipinski definition) is 1. The Morgan fingerprint density at radius 3 is 2.38 bits per heavy atom. The summed E-state index contributed by atoms with van der Waals surface area (Å²) in [4.78, 5) is 2.67. The van der Waals surface area contributed by atoms with Crippen LogP contribution in [0.1, 0.15) is 58.1 Å². The van der Waals surface area contributed by atoms with Gasteiger partial charge in [-0.2, -0.15) is 0 Å². The van der Waals surface area contributed by atoms with Crippen LogP contribution in [0.15, 0.2) is 24.3 Å². The normalized spacial score (nSPS) is 20.7. The molecule has 0 spiro atoms. The Kier molecular flexibility index (Phi) is 5.83. The third-order valence-corrected chi connectivity index (χ3v) is 4.43. The van der Waals surface area contributed by atoms with Crippen molar-refractivity contribution >= 4 is 0 Å². The molecule has 0 aromatic heterocycles. The second-order valence-corrected chi connectivity index (χ2v) is 7.42. The lowest BCUT2D eigenvalue weighted by atomic mass is 9.99. The van der Waals surface area contributed by atoms with Gasteiger partial charge in [0.05, 0.1) is 0 Å². The molecule has 1 atom stereocenters. The van der Waals surface area contributed by atoms with Crippen LogP contribution < -0.4 is 5.32 Å². The van der Waals surface area contributed by atoms with Crippen LogP contribution in [0.3, 0.4) is 0 Å². The molecule has 0 saturated carbocycles. The number of likely N-dealkylation sites (tertiary alicyclic amines) is 1. The maximum absolute atomic E-state index is 3.68. The van der Waals surface area contributed by atoms with Gasteiger partial charge in [-0.25, -0.2) is 0 Å². The van der Waals surface area contributed by atoms with Crippen molar-refractivity contribution in [2.45, 2.75) is 71.5 Å². The average Bonchev–Trinajstić information content (AvgIpc) is 2.46. The number of aryl methyl sites for hydroxylation is 1. The van der Waals surface area contributed by atoms with Gasteiger partial charge in [0.1, 0.15) is 0 Å². The van der Waals surface area contributed by atoms with Gasteiger partial charge in [0.2, 0.25) is 0 Å². The highest BCUT2D eigenvalue weighted by Gasteiger charge is 2.23. The number of benzene rings is 1. The minimum Gasteiger partial charge on any atom is -0.311 e. The van der Waals surface area contributed by atoms with Gasteiger partial charge in [-0.15, -0.1) is 0 Å². The predicted molar refractivity (Wildman–Crippen MR) is 91.6 cm³/mol. The molecule has 2 rings (SSSR count). The van der Waals surface area contributed by atoms with E-state index in [1.165, 1.54) is 36.9 Å². The van der Waals surface area contributed by atoms with Crippen LogP contribution in [0.25, 0.3) is 0 Å². The standard InChI is InChI=1S/C19H32N2/c1-5-16-9-11-17(12-10-16)15-21-13-7-6-8-18(21)14-20-19(2,3)4/h9-12,18,20H,5-8,13-15H2,1-4H3. The third-order valence-electron chi connectivity index (χ3n) is 4.43. The molecule has 1 saturated heterocycles. The highest BCUT2D eigenvalue weighted by molar-refractivity contribution is 5.22. The van der Waals surface area contributed by atoms with Crippen LogP contribution in [0.5, 0.6) is 0 Å². The van der Waals surface area contributed by atoms with E-state index in [0.717, 1.165) is 19.5 Å². The lowest BCUT2D eigenvalue weighted by Gasteiger charge is -2.37. The molecule has 0 aliphatic carbocycles. The van der Waals surface area contributed by atoms with Gasteiger partial charge in [0, 0.05) is 24.7 Å². The number of nitrogens with one attached hydrogen (secondary N) is 1. The number of piperidine rings is 1. The molecule has 1 aliphatic rings. The molecule has 2 heteroatoms. The molecule has 2 nitrogen and oxygen atoms in total. The Labute approximate surface area is 130 Å². The molecular formula is C19H32N2. The molecule has 1 unspecified atom stereocenters. The fraction of sp³-hybridized carbons (Fsp3) is 0.684. The Morgan fingerprint density at radius 2 is 1.76 bits per heavy atom. The highest BCUT2D eigenvalue weighted by atomic mass is 15.2. The number of rotatable bonds is 5. The van der Waals surface area contributed by atoms with E-state index in [9.17, 15) is 0 Å². The van der Waals surface area contributed by atoms with Crippen molar-refractivity contribution in [3.63, 3.8) is 0 Å². The molecule has 0 amide bonds. The Morgan fingerprint density at radius 1 is 1.10 bits per heavy atom. The van der Waals surface area contributed by atoms with Crippen molar-refractivity contribution in [1.29, 1.82) is 0 Å². The van der Waals surface area contributed by atoms with Gasteiger partial charge < -0.3 is 5.32 Å². The van der Waals surface area contributed by atoms with E-state index >= 15 is 0 Å². The highest BCUT2D eigenvalue weighted by Crippen LogP contribution is 2.20. The average molecular weight is 288 g/mol. The molecule has 118 valence electrons. The molecule has 1 N–H and O–H groups in total. The minimum absolute atomic E-state index is 0.214. The monoisotopic (exact) mass is 288 g/mol. The fourth-order valence-corrected chi connectivity index (χ4v) is 3.04. The molecule has 1 fully saturated rings. The zero-order valence-electron chi connectivity index (χ0n) is 14.3. The number of hydrogen-bond acceptors (Lipinski definition) is 2. The van der Waals surface area contributed by atoms with E-state index in [1.807, 2.05) is 0 Å². The van der Waals surface area contributed by atoms with Crippen molar-refractivity contribution in [3.05, 3.63) is 35.4 Å². The zero-order chi connectivity index (χ0) is 15.3. The van der Waals surface area contributed by atoms with Gasteiger partial charge in [-0.1, -0.05) is 37.6 Å². The van der Waals surface area contributed by atoms with E-state index in [-0.39, 0.29) is 5.54 Å². The minimum atomic E-state index is 0.214. The predicted octanol–water partition coefficient (Wildman–Crippen LogP) is 3.99. The number of nitrogens with zero attached hydrogens (tertiary/aromatic N) is 1. The van der Waals surface area contributed by atoms with Crippen LogP contribution in [0.4, 0.5) is 0 Å². The second-order valence-electron chi connectivity index (χ2n) is 7.42. The Bertz CT molecular complexity index is 416. The van der Waals surface area contributed by atoms with Gasteiger partial charge in [0.25, 0.3) is 0 Å². The molecule has 1 aromatic rings. The smallest absolute Gasteiger partial charge is 0.0237 e. The zero-order valence-corrected chi connectivity index (χ0v) is 14.3. The molecule has 0 radical (unpaired) electrons. The van der Waals surface area contributed by atoms with Crippen molar-refractivity contribution < 1.29 is 0 Å². The first-order chi connectivity index (χ1) is 9.98. The lowest BCUT2D eigenvalue weighted by Crippen LogP contribution is -2.49. The van der Waals surface area contributed by atoms with Crippen LogP contribution in [0.2, 0.25) is 0 Å². The second kappa shape index (κ2) is 7.42. The summed E-state index contributed by atoms with van der Waals surface area (Å²) in [5.41, 5.74) is 3.10. The molecule has 1 heterocycles. The van der Waals surface area contributed by atoms with E-state index in [2.05, 4.69) is 62.2 Å². The first kappa shape index (κ1) is 16.5. The summed E-state index contributed by atoms with van der Waals surface area (Å²) in [7, 11) is 0. The van der Waals surface area contributed by atoms with Crippen molar-refractivity contribution in [2.24, 2.45) is 0 Å². The van der Waals surface area contributed by atoms with Gasteiger partial charge in [0.15, 0.2) is 0 Å². The first-order valence-electron chi connectivity index (χ1n) is 8.55. The summed E-state index contributed by atoms with van der Waals surface area (Å²) in [5, 5.41) is 3.68. The Balaban J connectivity index is 1.94. The largest absolute Gasteiger partial charge is 0.311 e. The maximum atomic E-state index is 3.68. The van der Waals surface area contributed by atoms with Gasteiger partial charge in [-0.05, 0) is 57.7 Å². The van der Waals surface area contributed by atoms with Gasteiger partial charge >= 0.3 is 0 Å². The molecule has 1 aliphatic heterocycles. The van der Waals surface area contributed by atoms with E-state index in [4.69, 9.17) is 0 Å². The quantitative estimate of drug-likeness (QED) is 0.881. The Hall–Kier alpha value is -0.860. The van der Waals surface area contributed by atoms with E-state index in [0.29, 0.717) is 6.04 Å². The van der Waals surface area contributed by atoms with Crippen LogP contribution in [-0.4, -0.2) is 29.6 Å². The lowest BCUT2D eigenvalue weighted by molar-refractivity contribution is 0.131.